The molecule has 20 heavy (non-hydrogen) atoms. The number of aliphatic hydroxyl groups excluding tert-OH is 1. The molecule has 0 aliphatic heterocycles. The molecule has 0 aromatic rings. The Morgan fingerprint density at radius 1 is 1.30 bits per heavy atom. The number of amides is 1. The Bertz CT molecular complexity index is 379. The minimum Gasteiger partial charge on any atom is -0.396 e. The number of carbonyl (C=O) groups excluding carboxylic acids is 1. The van der Waals surface area contributed by atoms with Crippen molar-refractivity contribution in [1.29, 1.82) is 0 Å². The van der Waals surface area contributed by atoms with Gasteiger partial charge in [-0.05, 0) is 40.4 Å². The molecule has 0 aliphatic rings. The van der Waals surface area contributed by atoms with Crippen molar-refractivity contribution in [2.45, 2.75) is 19.8 Å². The van der Waals surface area contributed by atoms with Crippen LogP contribution in [0.5, 0.6) is 0 Å². The van der Waals surface area contributed by atoms with E-state index in [2.05, 4.69) is 11.9 Å². The third-order valence-corrected chi connectivity index (χ3v) is 2.82. The van der Waals surface area contributed by atoms with Gasteiger partial charge in [0.1, 0.15) is 0 Å². The Morgan fingerprint density at radius 2 is 1.85 bits per heavy atom. The molecule has 0 aliphatic carbocycles. The van der Waals surface area contributed by atoms with E-state index in [0.717, 1.165) is 0 Å². The number of nitrogens with zero attached hydrogens (tertiary/aromatic N) is 1. The summed E-state index contributed by atoms with van der Waals surface area (Å²) in [5, 5.41) is 10.9. The van der Waals surface area contributed by atoms with Crippen molar-refractivity contribution in [2.24, 2.45) is 0 Å². The zero-order valence-electron chi connectivity index (χ0n) is 12.4. The lowest BCUT2D eigenvalue weighted by molar-refractivity contribution is -0.117. The van der Waals surface area contributed by atoms with Crippen LogP contribution in [0, 0.1) is 0 Å². The van der Waals surface area contributed by atoms with E-state index in [0.29, 0.717) is 31.5 Å². The maximum absolute atomic E-state index is 10.7. The summed E-state index contributed by atoms with van der Waals surface area (Å²) in [6.07, 6.45) is 1.07. The molecule has 0 saturated heterocycles. The number of hydrogen-bond donors (Lipinski definition) is 3. The van der Waals surface area contributed by atoms with Gasteiger partial charge in [-0.1, -0.05) is 6.58 Å². The van der Waals surface area contributed by atoms with Crippen LogP contribution in [0.25, 0.3) is 0 Å². The molecule has 1 amide bonds. The molecule has 0 spiro atoms. The van der Waals surface area contributed by atoms with Crippen molar-refractivity contribution in [3.63, 3.8) is 0 Å². The largest absolute Gasteiger partial charge is 0.396 e. The van der Waals surface area contributed by atoms with E-state index in [1.165, 1.54) is 0 Å². The summed E-state index contributed by atoms with van der Waals surface area (Å²) < 4.78 is 28.6. The molecule has 120 valence electrons. The van der Waals surface area contributed by atoms with Crippen molar-refractivity contribution >= 4 is 16.0 Å². The fourth-order valence-electron chi connectivity index (χ4n) is 0.995. The maximum Gasteiger partial charge on any atom is 0.264 e. The third-order valence-electron chi connectivity index (χ3n) is 2.02. The van der Waals surface area contributed by atoms with E-state index in [9.17, 15) is 13.2 Å². The van der Waals surface area contributed by atoms with Gasteiger partial charge in [0.2, 0.25) is 5.91 Å². The fourth-order valence-corrected chi connectivity index (χ4v) is 1.49. The summed E-state index contributed by atoms with van der Waals surface area (Å²) in [6.45, 7) is 6.41. The topological polar surface area (TPSA) is 107 Å². The molecular formula is C12H26N2O5S. The summed E-state index contributed by atoms with van der Waals surface area (Å²) in [4.78, 5) is 12.6. The lowest BCUT2D eigenvalue weighted by atomic mass is 10.3. The smallest absolute Gasteiger partial charge is 0.264 e. The van der Waals surface area contributed by atoms with E-state index in [-0.39, 0.29) is 18.3 Å². The van der Waals surface area contributed by atoms with Crippen molar-refractivity contribution in [2.75, 3.05) is 39.5 Å². The van der Waals surface area contributed by atoms with Gasteiger partial charge < -0.3 is 15.3 Å². The predicted molar refractivity (Wildman–Crippen MR) is 79.1 cm³/mol. The first-order chi connectivity index (χ1) is 9.10. The average molecular weight is 310 g/mol. The zero-order chi connectivity index (χ0) is 16.2. The zero-order valence-corrected chi connectivity index (χ0v) is 13.2. The van der Waals surface area contributed by atoms with Crippen molar-refractivity contribution in [3.8, 4) is 0 Å². The standard InChI is InChI=1S/C7H13NO2.C5H13NO3S/c1-6(2)7(10)8-4-3-5-9;1-6(2)4-3-5-10(7,8)9/h9H,1,3-5H2,2H3,(H,8,10);3-5H2,1-2H3,(H,7,8,9). The lowest BCUT2D eigenvalue weighted by Crippen LogP contribution is -2.25. The number of nitrogens with one attached hydrogen (secondary N) is 1. The maximum atomic E-state index is 10.7. The van der Waals surface area contributed by atoms with Crippen molar-refractivity contribution < 1.29 is 22.9 Å². The lowest BCUT2D eigenvalue weighted by Gasteiger charge is -2.06. The van der Waals surface area contributed by atoms with Gasteiger partial charge in [0, 0.05) is 18.7 Å². The van der Waals surface area contributed by atoms with Crippen LogP contribution in [0.1, 0.15) is 19.8 Å². The molecular weight excluding hydrogens is 284 g/mol. The normalized spacial score (nSPS) is 10.7. The van der Waals surface area contributed by atoms with E-state index in [1.807, 2.05) is 19.0 Å². The Hall–Kier alpha value is -0.960. The Labute approximate surface area is 121 Å². The fraction of sp³-hybridized carbons (Fsp3) is 0.750. The first-order valence-corrected chi connectivity index (χ1v) is 7.85. The summed E-state index contributed by atoms with van der Waals surface area (Å²) >= 11 is 0. The van der Waals surface area contributed by atoms with Gasteiger partial charge in [0.05, 0.1) is 5.75 Å². The second-order valence-electron chi connectivity index (χ2n) is 4.56. The summed E-state index contributed by atoms with van der Waals surface area (Å²) in [5.74, 6) is -0.293. The molecule has 3 N–H and O–H groups in total. The first kappa shape index (κ1) is 21.3. The highest BCUT2D eigenvalue weighted by Gasteiger charge is 2.03. The van der Waals surface area contributed by atoms with Crippen LogP contribution < -0.4 is 5.32 Å². The second kappa shape index (κ2) is 11.8. The van der Waals surface area contributed by atoms with Crippen LogP contribution in [0.2, 0.25) is 0 Å². The van der Waals surface area contributed by atoms with Crippen LogP contribution in [0.15, 0.2) is 12.2 Å². The molecule has 7 nitrogen and oxygen atoms in total. The molecule has 0 bridgehead atoms. The average Bonchev–Trinajstić information content (AvgIpc) is 2.27. The SMILES string of the molecule is C=C(C)C(=O)NCCCO.CN(C)CCCS(=O)(=O)O. The Balaban J connectivity index is 0. The van der Waals surface area contributed by atoms with Gasteiger partial charge in [-0.3, -0.25) is 9.35 Å². The van der Waals surface area contributed by atoms with E-state index >= 15 is 0 Å². The molecule has 0 aromatic carbocycles. The molecule has 0 rings (SSSR count). The first-order valence-electron chi connectivity index (χ1n) is 6.24. The monoisotopic (exact) mass is 310 g/mol. The number of rotatable bonds is 8. The Kier molecular flexibility index (Phi) is 12.6. The summed E-state index contributed by atoms with van der Waals surface area (Å²) in [6, 6.07) is 0. The van der Waals surface area contributed by atoms with Crippen LogP contribution in [-0.4, -0.2) is 68.4 Å². The molecule has 0 unspecified atom stereocenters. The molecule has 0 fully saturated rings. The van der Waals surface area contributed by atoms with E-state index < -0.39 is 10.1 Å². The predicted octanol–water partition coefficient (Wildman–Crippen LogP) is -0.113. The van der Waals surface area contributed by atoms with Crippen LogP contribution in [0.4, 0.5) is 0 Å². The number of carbonyl (C=O) groups is 1. The molecule has 0 aromatic heterocycles. The summed E-state index contributed by atoms with van der Waals surface area (Å²) in [7, 11) is -0.0441. The second-order valence-corrected chi connectivity index (χ2v) is 6.13. The molecule has 0 radical (unpaired) electrons. The van der Waals surface area contributed by atoms with E-state index in [1.54, 1.807) is 6.92 Å². The van der Waals surface area contributed by atoms with Gasteiger partial charge in [0.15, 0.2) is 0 Å². The minimum atomic E-state index is -3.75. The van der Waals surface area contributed by atoms with Gasteiger partial charge in [-0.2, -0.15) is 8.42 Å². The highest BCUT2D eigenvalue weighted by atomic mass is 32.2. The van der Waals surface area contributed by atoms with Crippen LogP contribution in [-0.2, 0) is 14.9 Å². The van der Waals surface area contributed by atoms with Crippen LogP contribution in [0.3, 0.4) is 0 Å². The Morgan fingerprint density at radius 3 is 2.20 bits per heavy atom. The van der Waals surface area contributed by atoms with Crippen LogP contribution >= 0.6 is 0 Å². The molecule has 8 heteroatoms. The number of aliphatic hydroxyl groups is 1. The molecule has 0 heterocycles. The van der Waals surface area contributed by atoms with Gasteiger partial charge >= 0.3 is 0 Å². The van der Waals surface area contributed by atoms with Crippen molar-refractivity contribution in [1.82, 2.24) is 10.2 Å². The van der Waals surface area contributed by atoms with Gasteiger partial charge in [0.25, 0.3) is 10.1 Å². The highest BCUT2D eigenvalue weighted by molar-refractivity contribution is 7.85. The summed E-state index contributed by atoms with van der Waals surface area (Å²) in [5.41, 5.74) is 0.498. The minimum absolute atomic E-state index is 0.108. The highest BCUT2D eigenvalue weighted by Crippen LogP contribution is 1.89. The van der Waals surface area contributed by atoms with E-state index in [4.69, 9.17) is 9.66 Å². The molecule has 0 saturated carbocycles. The van der Waals surface area contributed by atoms with Gasteiger partial charge in [-0.25, -0.2) is 0 Å². The quantitative estimate of drug-likeness (QED) is 0.328. The van der Waals surface area contributed by atoms with Gasteiger partial charge in [-0.15, -0.1) is 0 Å². The number of hydrogen-bond acceptors (Lipinski definition) is 5. The van der Waals surface area contributed by atoms with Crippen molar-refractivity contribution in [3.05, 3.63) is 12.2 Å². The molecule has 0 atom stereocenters. The third kappa shape index (κ3) is 19.4.